The molecule has 62 valence electrons. The molecule has 0 aromatic rings. The first-order chi connectivity index (χ1) is 4.85. The molecule has 2 heteroatoms. The van der Waals surface area contributed by atoms with Crippen LogP contribution in [0.5, 0.6) is 0 Å². The molecule has 1 atom stereocenters. The summed E-state index contributed by atoms with van der Waals surface area (Å²) in [6.07, 6.45) is 2.50. The fourth-order valence-electron chi connectivity index (χ4n) is 1.06. The lowest BCUT2D eigenvalue weighted by atomic mass is 10.0. The molecule has 0 aliphatic heterocycles. The molecule has 0 fully saturated rings. The van der Waals surface area contributed by atoms with Crippen LogP contribution in [-0.2, 0) is 0 Å². The minimum atomic E-state index is 0.685. The summed E-state index contributed by atoms with van der Waals surface area (Å²) in [5, 5.41) is 3.30. The smallest absolute Gasteiger partial charge is 0.000858 e. The predicted octanol–water partition coefficient (Wildman–Crippen LogP) is 0.971. The second kappa shape index (κ2) is 7.03. The van der Waals surface area contributed by atoms with Gasteiger partial charge in [-0.25, -0.2) is 0 Å². The highest BCUT2D eigenvalue weighted by atomic mass is 14.8. The zero-order chi connectivity index (χ0) is 7.82. The van der Waals surface area contributed by atoms with Crippen LogP contribution in [0.1, 0.15) is 26.7 Å². The second-order valence-corrected chi connectivity index (χ2v) is 2.70. The fourth-order valence-corrected chi connectivity index (χ4v) is 1.06. The molecule has 0 bridgehead atoms. The minimum absolute atomic E-state index is 0.685. The van der Waals surface area contributed by atoms with Gasteiger partial charge in [0.2, 0.25) is 0 Å². The minimum Gasteiger partial charge on any atom is -0.330 e. The molecule has 0 aromatic carbocycles. The number of nitrogens with one attached hydrogen (secondary N) is 1. The molecule has 0 heterocycles. The van der Waals surface area contributed by atoms with Crippen LogP contribution < -0.4 is 11.1 Å². The molecule has 0 aliphatic rings. The van der Waals surface area contributed by atoms with Crippen LogP contribution in [0.25, 0.3) is 0 Å². The van der Waals surface area contributed by atoms with Crippen LogP contribution in [-0.4, -0.2) is 19.6 Å². The van der Waals surface area contributed by atoms with Gasteiger partial charge in [0.25, 0.3) is 0 Å². The first-order valence-corrected chi connectivity index (χ1v) is 4.25. The van der Waals surface area contributed by atoms with E-state index in [0.29, 0.717) is 5.92 Å². The average molecular weight is 144 g/mol. The van der Waals surface area contributed by atoms with E-state index in [9.17, 15) is 0 Å². The SMILES string of the molecule is CCCC(CN)CNCC. The van der Waals surface area contributed by atoms with Gasteiger partial charge in [0, 0.05) is 0 Å². The molecule has 0 saturated heterocycles. The third-order valence-corrected chi connectivity index (χ3v) is 1.71. The Morgan fingerprint density at radius 3 is 2.50 bits per heavy atom. The van der Waals surface area contributed by atoms with Crippen LogP contribution in [0.15, 0.2) is 0 Å². The van der Waals surface area contributed by atoms with Crippen LogP contribution in [0, 0.1) is 5.92 Å². The van der Waals surface area contributed by atoms with Gasteiger partial charge in [-0.1, -0.05) is 20.3 Å². The van der Waals surface area contributed by atoms with Crippen molar-refractivity contribution in [3.63, 3.8) is 0 Å². The fraction of sp³-hybridized carbons (Fsp3) is 1.00. The summed E-state index contributed by atoms with van der Waals surface area (Å²) in [4.78, 5) is 0. The third-order valence-electron chi connectivity index (χ3n) is 1.71. The largest absolute Gasteiger partial charge is 0.330 e. The zero-order valence-electron chi connectivity index (χ0n) is 7.19. The Morgan fingerprint density at radius 2 is 2.10 bits per heavy atom. The van der Waals surface area contributed by atoms with Gasteiger partial charge in [-0.05, 0) is 32.0 Å². The van der Waals surface area contributed by atoms with Crippen molar-refractivity contribution in [2.45, 2.75) is 26.7 Å². The highest BCUT2D eigenvalue weighted by molar-refractivity contribution is 4.61. The van der Waals surface area contributed by atoms with Crippen LogP contribution in [0.3, 0.4) is 0 Å². The summed E-state index contributed by atoms with van der Waals surface area (Å²) in [5.41, 5.74) is 5.56. The van der Waals surface area contributed by atoms with E-state index in [1.807, 2.05) is 0 Å². The second-order valence-electron chi connectivity index (χ2n) is 2.70. The van der Waals surface area contributed by atoms with Crippen molar-refractivity contribution in [1.82, 2.24) is 5.32 Å². The van der Waals surface area contributed by atoms with Crippen molar-refractivity contribution in [2.75, 3.05) is 19.6 Å². The maximum atomic E-state index is 5.56. The van der Waals surface area contributed by atoms with Crippen molar-refractivity contribution >= 4 is 0 Å². The third kappa shape index (κ3) is 4.77. The van der Waals surface area contributed by atoms with Crippen molar-refractivity contribution in [3.05, 3.63) is 0 Å². The molecule has 0 radical (unpaired) electrons. The Balaban J connectivity index is 3.21. The Bertz CT molecular complexity index is 64.3. The quantitative estimate of drug-likeness (QED) is 0.583. The van der Waals surface area contributed by atoms with E-state index in [-0.39, 0.29) is 0 Å². The van der Waals surface area contributed by atoms with E-state index in [1.165, 1.54) is 12.8 Å². The monoisotopic (exact) mass is 144 g/mol. The van der Waals surface area contributed by atoms with Crippen LogP contribution >= 0.6 is 0 Å². The average Bonchev–Trinajstić information content (AvgIpc) is 1.98. The highest BCUT2D eigenvalue weighted by Gasteiger charge is 2.02. The van der Waals surface area contributed by atoms with Gasteiger partial charge in [-0.2, -0.15) is 0 Å². The van der Waals surface area contributed by atoms with Gasteiger partial charge in [0.05, 0.1) is 0 Å². The first-order valence-electron chi connectivity index (χ1n) is 4.25. The Morgan fingerprint density at radius 1 is 1.40 bits per heavy atom. The molecule has 0 aromatic heterocycles. The van der Waals surface area contributed by atoms with Crippen LogP contribution in [0.4, 0.5) is 0 Å². The summed E-state index contributed by atoms with van der Waals surface area (Å²) in [6, 6.07) is 0. The number of nitrogens with two attached hydrogens (primary N) is 1. The molecule has 2 nitrogen and oxygen atoms in total. The first kappa shape index (κ1) is 9.92. The van der Waals surface area contributed by atoms with E-state index < -0.39 is 0 Å². The summed E-state index contributed by atoms with van der Waals surface area (Å²) < 4.78 is 0. The number of hydrogen-bond acceptors (Lipinski definition) is 2. The normalized spacial score (nSPS) is 13.5. The molecule has 10 heavy (non-hydrogen) atoms. The molecule has 0 spiro atoms. The standard InChI is InChI=1S/C8H20N2/c1-3-5-8(6-9)7-10-4-2/h8,10H,3-7,9H2,1-2H3. The summed E-state index contributed by atoms with van der Waals surface area (Å²) in [5.74, 6) is 0.685. The number of hydrogen-bond donors (Lipinski definition) is 2. The van der Waals surface area contributed by atoms with Gasteiger partial charge in [-0.3, -0.25) is 0 Å². The van der Waals surface area contributed by atoms with Gasteiger partial charge in [0.1, 0.15) is 0 Å². The van der Waals surface area contributed by atoms with Crippen molar-refractivity contribution in [3.8, 4) is 0 Å². The maximum absolute atomic E-state index is 5.56. The maximum Gasteiger partial charge on any atom is -0.000858 e. The molecule has 3 N–H and O–H groups in total. The van der Waals surface area contributed by atoms with Gasteiger partial charge < -0.3 is 11.1 Å². The highest BCUT2D eigenvalue weighted by Crippen LogP contribution is 2.01. The Hall–Kier alpha value is -0.0800. The van der Waals surface area contributed by atoms with E-state index in [4.69, 9.17) is 5.73 Å². The molecule has 0 amide bonds. The van der Waals surface area contributed by atoms with Crippen molar-refractivity contribution in [1.29, 1.82) is 0 Å². The summed E-state index contributed by atoms with van der Waals surface area (Å²) in [6.45, 7) is 7.29. The van der Waals surface area contributed by atoms with E-state index in [1.54, 1.807) is 0 Å². The molecule has 1 unspecified atom stereocenters. The zero-order valence-corrected chi connectivity index (χ0v) is 7.19. The summed E-state index contributed by atoms with van der Waals surface area (Å²) in [7, 11) is 0. The lowest BCUT2D eigenvalue weighted by molar-refractivity contribution is 0.456. The van der Waals surface area contributed by atoms with Gasteiger partial charge in [0.15, 0.2) is 0 Å². The molecular formula is C8H20N2. The molecular weight excluding hydrogens is 124 g/mol. The van der Waals surface area contributed by atoms with Gasteiger partial charge >= 0.3 is 0 Å². The van der Waals surface area contributed by atoms with Gasteiger partial charge in [-0.15, -0.1) is 0 Å². The topological polar surface area (TPSA) is 38.0 Å². The Kier molecular flexibility index (Phi) is 6.98. The van der Waals surface area contributed by atoms with E-state index in [2.05, 4.69) is 19.2 Å². The lowest BCUT2D eigenvalue weighted by Gasteiger charge is -2.12. The Labute approximate surface area is 64.2 Å². The molecule has 0 aliphatic carbocycles. The molecule has 0 rings (SSSR count). The summed E-state index contributed by atoms with van der Waals surface area (Å²) >= 11 is 0. The molecule has 0 saturated carbocycles. The predicted molar refractivity (Wildman–Crippen MR) is 46.0 cm³/mol. The van der Waals surface area contributed by atoms with Crippen LogP contribution in [0.2, 0.25) is 0 Å². The van der Waals surface area contributed by atoms with E-state index in [0.717, 1.165) is 19.6 Å². The lowest BCUT2D eigenvalue weighted by Crippen LogP contribution is -2.27. The van der Waals surface area contributed by atoms with E-state index >= 15 is 0 Å². The van der Waals surface area contributed by atoms with Crippen molar-refractivity contribution < 1.29 is 0 Å². The number of rotatable bonds is 6. The van der Waals surface area contributed by atoms with Crippen molar-refractivity contribution in [2.24, 2.45) is 11.7 Å².